The Hall–Kier alpha value is -2.52. The van der Waals surface area contributed by atoms with E-state index < -0.39 is 17.2 Å². The number of H-pyrrole nitrogens is 1. The van der Waals surface area contributed by atoms with Crippen molar-refractivity contribution >= 4 is 63.2 Å². The summed E-state index contributed by atoms with van der Waals surface area (Å²) in [7, 11) is 0. The predicted octanol–water partition coefficient (Wildman–Crippen LogP) is 5.04. The molecule has 4 aromatic rings. The Morgan fingerprint density at radius 2 is 1.83 bits per heavy atom. The second-order valence-corrected chi connectivity index (χ2v) is 8.96. The Balaban J connectivity index is 1.75. The van der Waals surface area contributed by atoms with Crippen LogP contribution < -0.4 is 11.2 Å². The first-order valence-electron chi connectivity index (χ1n) is 8.53. The van der Waals surface area contributed by atoms with Crippen molar-refractivity contribution in [2.45, 2.75) is 10.6 Å². The van der Waals surface area contributed by atoms with Crippen LogP contribution in [0.5, 0.6) is 0 Å². The minimum atomic E-state index is -1.22. The number of aromatic amines is 1. The topological polar surface area (TPSA) is 92.2 Å². The van der Waals surface area contributed by atoms with Gasteiger partial charge in [-0.1, -0.05) is 35.3 Å². The van der Waals surface area contributed by atoms with Gasteiger partial charge in [0.1, 0.15) is 4.88 Å². The van der Waals surface area contributed by atoms with Crippen molar-refractivity contribution in [3.05, 3.63) is 89.2 Å². The molecule has 30 heavy (non-hydrogen) atoms. The fourth-order valence-electron chi connectivity index (χ4n) is 2.97. The third kappa shape index (κ3) is 3.79. The molecular formula is C20H12Cl2N2O4S2. The smallest absolute Gasteiger partial charge is 0.346 e. The summed E-state index contributed by atoms with van der Waals surface area (Å²) in [6.45, 7) is 0. The summed E-state index contributed by atoms with van der Waals surface area (Å²) in [4.78, 5) is 40.2. The van der Waals surface area contributed by atoms with Crippen molar-refractivity contribution < 1.29 is 9.90 Å². The molecule has 0 spiro atoms. The number of hydrogen-bond acceptors (Lipinski definition) is 5. The van der Waals surface area contributed by atoms with E-state index in [4.69, 9.17) is 23.2 Å². The number of fused-ring (bicyclic) bond motifs is 1. The number of hydrogen-bond donors (Lipinski definition) is 2. The molecule has 0 atom stereocenters. The van der Waals surface area contributed by atoms with Crippen molar-refractivity contribution in [1.29, 1.82) is 0 Å². The van der Waals surface area contributed by atoms with Crippen LogP contribution in [0.15, 0.2) is 62.3 Å². The standard InChI is InChI=1S/C20H12Cl2N2O4S2/c21-13-5-2-6-14(22)12(13)8-29-11-4-1-3-10(7-11)24-18(25)16-15(23-20(24)28)9-30-17(16)19(26)27/h1-7,9H,8H2,(H,23,28)(H,26,27). The number of aromatic carboxylic acids is 1. The minimum absolute atomic E-state index is 0.0204. The van der Waals surface area contributed by atoms with E-state index in [1.54, 1.807) is 36.4 Å². The Kier molecular flexibility index (Phi) is 5.75. The third-order valence-corrected chi connectivity index (χ3v) is 7.06. The fraction of sp³-hybridized carbons (Fsp3) is 0.0500. The monoisotopic (exact) mass is 478 g/mol. The number of carboxylic acid groups (broad SMARTS) is 1. The van der Waals surface area contributed by atoms with Crippen molar-refractivity contribution in [2.75, 3.05) is 0 Å². The highest BCUT2D eigenvalue weighted by Gasteiger charge is 2.19. The Bertz CT molecular complexity index is 1390. The van der Waals surface area contributed by atoms with Crippen LogP contribution >= 0.6 is 46.3 Å². The van der Waals surface area contributed by atoms with E-state index in [9.17, 15) is 19.5 Å². The summed E-state index contributed by atoms with van der Waals surface area (Å²) in [5.74, 6) is -0.716. The summed E-state index contributed by atoms with van der Waals surface area (Å²) in [6, 6.07) is 12.1. The predicted molar refractivity (Wildman–Crippen MR) is 121 cm³/mol. The average molecular weight is 479 g/mol. The van der Waals surface area contributed by atoms with Gasteiger partial charge in [-0.15, -0.1) is 23.1 Å². The first-order chi connectivity index (χ1) is 14.4. The van der Waals surface area contributed by atoms with E-state index in [2.05, 4.69) is 4.98 Å². The molecule has 2 aromatic heterocycles. The van der Waals surface area contributed by atoms with Gasteiger partial charge in [-0.25, -0.2) is 14.2 Å². The van der Waals surface area contributed by atoms with Crippen LogP contribution in [0.3, 0.4) is 0 Å². The zero-order valence-corrected chi connectivity index (χ0v) is 18.2. The quantitative estimate of drug-likeness (QED) is 0.392. The number of benzene rings is 2. The molecule has 6 nitrogen and oxygen atoms in total. The highest BCUT2D eigenvalue weighted by Crippen LogP contribution is 2.32. The van der Waals surface area contributed by atoms with Gasteiger partial charge in [-0.05, 0) is 35.9 Å². The Morgan fingerprint density at radius 3 is 2.53 bits per heavy atom. The molecule has 2 heterocycles. The van der Waals surface area contributed by atoms with Crippen LogP contribution in [0.1, 0.15) is 15.2 Å². The molecule has 0 aliphatic heterocycles. The van der Waals surface area contributed by atoms with Gasteiger partial charge in [0, 0.05) is 26.1 Å². The first kappa shape index (κ1) is 20.7. The summed E-state index contributed by atoms with van der Waals surface area (Å²) < 4.78 is 0.939. The molecule has 0 unspecified atom stereocenters. The van der Waals surface area contributed by atoms with E-state index in [-0.39, 0.29) is 15.8 Å². The number of halogens is 2. The molecule has 0 radical (unpaired) electrons. The van der Waals surface area contributed by atoms with Crippen molar-refractivity contribution in [3.63, 3.8) is 0 Å². The molecule has 152 valence electrons. The van der Waals surface area contributed by atoms with E-state index >= 15 is 0 Å². The zero-order valence-electron chi connectivity index (χ0n) is 15.0. The van der Waals surface area contributed by atoms with Crippen molar-refractivity contribution in [2.24, 2.45) is 0 Å². The second kappa shape index (κ2) is 8.31. The number of thioether (sulfide) groups is 1. The number of carbonyl (C=O) groups is 1. The summed E-state index contributed by atoms with van der Waals surface area (Å²) >= 11 is 14.8. The molecule has 4 rings (SSSR count). The lowest BCUT2D eigenvalue weighted by atomic mass is 10.2. The average Bonchev–Trinajstić information content (AvgIpc) is 3.12. The van der Waals surface area contributed by atoms with Crippen LogP contribution in [-0.2, 0) is 5.75 Å². The van der Waals surface area contributed by atoms with Crippen LogP contribution in [0, 0.1) is 0 Å². The summed E-state index contributed by atoms with van der Waals surface area (Å²) in [6.07, 6.45) is 0. The highest BCUT2D eigenvalue weighted by molar-refractivity contribution is 7.98. The van der Waals surface area contributed by atoms with E-state index in [0.29, 0.717) is 21.5 Å². The number of rotatable bonds is 5. The molecule has 0 saturated heterocycles. The van der Waals surface area contributed by atoms with Crippen LogP contribution in [0.4, 0.5) is 0 Å². The van der Waals surface area contributed by atoms with Crippen molar-refractivity contribution in [1.82, 2.24) is 9.55 Å². The van der Waals surface area contributed by atoms with Gasteiger partial charge in [-0.2, -0.15) is 0 Å². The van der Waals surface area contributed by atoms with Crippen LogP contribution in [0.2, 0.25) is 10.0 Å². The van der Waals surface area contributed by atoms with E-state index in [1.165, 1.54) is 17.1 Å². The lowest BCUT2D eigenvalue weighted by Crippen LogP contribution is -2.33. The molecule has 0 bridgehead atoms. The molecule has 0 fully saturated rings. The van der Waals surface area contributed by atoms with E-state index in [0.717, 1.165) is 26.4 Å². The van der Waals surface area contributed by atoms with Crippen LogP contribution in [0.25, 0.3) is 16.6 Å². The van der Waals surface area contributed by atoms with Crippen molar-refractivity contribution in [3.8, 4) is 5.69 Å². The molecule has 0 aliphatic carbocycles. The van der Waals surface area contributed by atoms with Gasteiger partial charge in [0.05, 0.1) is 16.6 Å². The normalized spacial score (nSPS) is 11.1. The number of aromatic nitrogens is 2. The van der Waals surface area contributed by atoms with Gasteiger partial charge in [0.15, 0.2) is 0 Å². The largest absolute Gasteiger partial charge is 0.477 e. The van der Waals surface area contributed by atoms with Gasteiger partial charge in [0.25, 0.3) is 5.56 Å². The lowest BCUT2D eigenvalue weighted by molar-refractivity contribution is 0.0704. The molecular weight excluding hydrogens is 467 g/mol. The maximum absolute atomic E-state index is 13.0. The molecule has 0 amide bonds. The number of nitrogens with zero attached hydrogens (tertiary/aromatic N) is 1. The fourth-order valence-corrected chi connectivity index (χ4v) is 5.49. The summed E-state index contributed by atoms with van der Waals surface area (Å²) in [5, 5.41) is 11.9. The maximum Gasteiger partial charge on any atom is 0.346 e. The SMILES string of the molecule is O=C(O)c1scc2[nH]c(=O)n(-c3cccc(SCc4c(Cl)cccc4Cl)c3)c(=O)c12. The zero-order chi connectivity index (χ0) is 21.4. The van der Waals surface area contributed by atoms with Gasteiger partial charge < -0.3 is 10.1 Å². The number of nitrogens with one attached hydrogen (secondary N) is 1. The van der Waals surface area contributed by atoms with Crippen LogP contribution in [-0.4, -0.2) is 20.6 Å². The number of thiophene rings is 1. The minimum Gasteiger partial charge on any atom is -0.477 e. The van der Waals surface area contributed by atoms with Gasteiger partial charge in [-0.3, -0.25) is 4.79 Å². The molecule has 0 saturated carbocycles. The Labute approximate surface area is 187 Å². The molecule has 2 aromatic carbocycles. The molecule has 0 aliphatic rings. The Morgan fingerprint density at radius 1 is 1.13 bits per heavy atom. The first-order valence-corrected chi connectivity index (χ1v) is 11.1. The highest BCUT2D eigenvalue weighted by atomic mass is 35.5. The van der Waals surface area contributed by atoms with E-state index in [1.807, 2.05) is 6.07 Å². The summed E-state index contributed by atoms with van der Waals surface area (Å²) in [5.41, 5.74) is 0.0164. The third-order valence-electron chi connectivity index (χ3n) is 4.37. The lowest BCUT2D eigenvalue weighted by Gasteiger charge is -2.09. The molecule has 2 N–H and O–H groups in total. The maximum atomic E-state index is 13.0. The van der Waals surface area contributed by atoms with Gasteiger partial charge >= 0.3 is 11.7 Å². The molecule has 10 heteroatoms. The second-order valence-electron chi connectivity index (χ2n) is 6.22. The van der Waals surface area contributed by atoms with Gasteiger partial charge in [0.2, 0.25) is 0 Å². The number of carboxylic acids is 1.